The first-order valence-corrected chi connectivity index (χ1v) is 32.6. The molecule has 0 radical (unpaired) electrons. The Bertz CT molecular complexity index is 1860. The maximum absolute atomic E-state index is 12.9. The van der Waals surface area contributed by atoms with Crippen molar-refractivity contribution in [2.75, 3.05) is 13.2 Å². The molecule has 0 aliphatic carbocycles. The van der Waals surface area contributed by atoms with Crippen LogP contribution in [0, 0.1) is 0 Å². The Kier molecular flexibility index (Phi) is 62.9. The maximum atomic E-state index is 12.9. The third-order valence-electron chi connectivity index (χ3n) is 13.2. The number of allylic oxidation sites excluding steroid dienone is 28. The summed E-state index contributed by atoms with van der Waals surface area (Å²) < 4.78 is 16.9. The molecule has 1 unspecified atom stereocenters. The minimum atomic E-state index is -0.831. The number of esters is 3. The van der Waals surface area contributed by atoms with Crippen molar-refractivity contribution in [1.29, 1.82) is 0 Å². The quantitative estimate of drug-likeness (QED) is 0.0261. The Morgan fingerprint density at radius 1 is 0.259 bits per heavy atom. The second-order valence-corrected chi connectivity index (χ2v) is 20.9. The molecule has 81 heavy (non-hydrogen) atoms. The fraction of sp³-hybridized carbons (Fsp3) is 0.587. The largest absolute Gasteiger partial charge is 0.462 e. The van der Waals surface area contributed by atoms with E-state index < -0.39 is 6.10 Å². The van der Waals surface area contributed by atoms with Gasteiger partial charge < -0.3 is 14.2 Å². The Morgan fingerprint density at radius 2 is 0.494 bits per heavy atom. The predicted octanol–water partition coefficient (Wildman–Crippen LogP) is 22.7. The van der Waals surface area contributed by atoms with E-state index in [4.69, 9.17) is 14.2 Å². The van der Waals surface area contributed by atoms with E-state index in [1.165, 1.54) is 77.0 Å². The Hall–Kier alpha value is -5.23. The number of ether oxygens (including phenoxy) is 3. The number of rotatable bonds is 57. The van der Waals surface area contributed by atoms with E-state index in [1.807, 2.05) is 0 Å². The highest BCUT2D eigenvalue weighted by Crippen LogP contribution is 2.14. The third kappa shape index (κ3) is 65.5. The molecule has 6 heteroatoms. The molecule has 0 aromatic carbocycles. The van der Waals surface area contributed by atoms with Gasteiger partial charge in [-0.2, -0.15) is 0 Å². The number of carbonyl (C=O) groups excluding carboxylic acids is 3. The SMILES string of the molecule is CC/C=C\C/C=C\C/C=C\C/C=C\C/C=C\C/C=C\C/C=C\C/C=C\CCCCCCC(=O)OCC(COC(=O)CCCCCCCCC/C=C\CCCCCCCC)OC(=O)CCC/C=C\C/C=C\C/C=C\C/C=C\C/C=C\CC. The van der Waals surface area contributed by atoms with Crippen LogP contribution in [0.3, 0.4) is 0 Å². The van der Waals surface area contributed by atoms with Crippen LogP contribution in [-0.2, 0) is 28.6 Å². The first-order valence-electron chi connectivity index (χ1n) is 32.6. The Labute approximate surface area is 498 Å². The second kappa shape index (κ2) is 67.3. The normalized spacial score (nSPS) is 13.3. The fourth-order valence-corrected chi connectivity index (χ4v) is 8.37. The van der Waals surface area contributed by atoms with Crippen molar-refractivity contribution in [2.45, 2.75) is 271 Å². The predicted molar refractivity (Wildman–Crippen MR) is 352 cm³/mol. The van der Waals surface area contributed by atoms with E-state index in [2.05, 4.69) is 191 Å². The van der Waals surface area contributed by atoms with Crippen molar-refractivity contribution in [1.82, 2.24) is 0 Å². The summed E-state index contributed by atoms with van der Waals surface area (Å²) >= 11 is 0. The summed E-state index contributed by atoms with van der Waals surface area (Å²) in [5.41, 5.74) is 0. The molecule has 0 spiro atoms. The summed E-state index contributed by atoms with van der Waals surface area (Å²) in [4.78, 5) is 38.3. The molecule has 0 N–H and O–H groups in total. The first-order chi connectivity index (χ1) is 40.0. The number of unbranched alkanes of at least 4 members (excludes halogenated alkanes) is 18. The van der Waals surface area contributed by atoms with E-state index in [0.717, 1.165) is 141 Å². The topological polar surface area (TPSA) is 78.9 Å². The van der Waals surface area contributed by atoms with Gasteiger partial charge in [-0.3, -0.25) is 14.4 Å². The van der Waals surface area contributed by atoms with Crippen LogP contribution >= 0.6 is 0 Å². The fourth-order valence-electron chi connectivity index (χ4n) is 8.37. The molecule has 0 aliphatic heterocycles. The van der Waals surface area contributed by atoms with Gasteiger partial charge in [0.2, 0.25) is 0 Å². The lowest BCUT2D eigenvalue weighted by Crippen LogP contribution is -2.30. The summed E-state index contributed by atoms with van der Waals surface area (Å²) in [6, 6.07) is 0. The van der Waals surface area contributed by atoms with Gasteiger partial charge in [0.05, 0.1) is 0 Å². The van der Waals surface area contributed by atoms with E-state index in [1.54, 1.807) is 0 Å². The highest BCUT2D eigenvalue weighted by atomic mass is 16.6. The molecule has 0 heterocycles. The van der Waals surface area contributed by atoms with Crippen molar-refractivity contribution >= 4 is 17.9 Å². The van der Waals surface area contributed by atoms with Crippen molar-refractivity contribution in [3.05, 3.63) is 170 Å². The molecule has 0 aliphatic rings. The standard InChI is InChI=1S/C75H118O6/c1-4-7-10-13-16-19-22-25-28-31-32-33-34-35-36-37-38-39-40-41-42-45-47-50-53-56-59-62-65-68-74(77)80-71-72(81-75(78)69-66-63-60-57-54-51-48-44-30-27-24-21-18-15-12-9-6-3)70-79-73(76)67-64-61-58-55-52-49-46-43-29-26-23-20-17-14-11-8-5-2/h7,9-10,12,16,18-19,21,25-30,32-33,35-36,38-39,41-42,47-48,50-51,57,60,72H,4-6,8,11,13-15,17,20,22-24,31,34,37,40,43-46,49,52-56,58-59,61-71H2,1-3H3/b10-7-,12-9-,19-16-,21-18-,28-25-,29-26-,30-27-,33-32-,36-35-,39-38-,42-41-,50-47-,51-48-,60-57-. The van der Waals surface area contributed by atoms with Crippen LogP contribution in [0.2, 0.25) is 0 Å². The highest BCUT2D eigenvalue weighted by Gasteiger charge is 2.19. The van der Waals surface area contributed by atoms with E-state index in [9.17, 15) is 14.4 Å². The smallest absolute Gasteiger partial charge is 0.306 e. The van der Waals surface area contributed by atoms with Gasteiger partial charge in [0.1, 0.15) is 13.2 Å². The number of hydrogen-bond acceptors (Lipinski definition) is 6. The molecule has 0 aromatic heterocycles. The second-order valence-electron chi connectivity index (χ2n) is 20.9. The number of hydrogen-bond donors (Lipinski definition) is 0. The van der Waals surface area contributed by atoms with Crippen LogP contribution < -0.4 is 0 Å². The molecule has 0 amide bonds. The van der Waals surface area contributed by atoms with Gasteiger partial charge in [-0.1, -0.05) is 268 Å². The lowest BCUT2D eigenvalue weighted by Gasteiger charge is -2.18. The van der Waals surface area contributed by atoms with Gasteiger partial charge in [0.15, 0.2) is 6.10 Å². The highest BCUT2D eigenvalue weighted by molar-refractivity contribution is 5.71. The summed E-state index contributed by atoms with van der Waals surface area (Å²) in [5, 5.41) is 0. The summed E-state index contributed by atoms with van der Waals surface area (Å²) in [6.07, 6.45) is 99.3. The molecule has 0 aromatic rings. The van der Waals surface area contributed by atoms with E-state index in [-0.39, 0.29) is 37.5 Å². The summed E-state index contributed by atoms with van der Waals surface area (Å²) in [7, 11) is 0. The average Bonchev–Trinajstić information content (AvgIpc) is 3.47. The average molecular weight is 1120 g/mol. The minimum absolute atomic E-state index is 0.118. The molecule has 1 atom stereocenters. The van der Waals surface area contributed by atoms with Crippen LogP contribution in [-0.4, -0.2) is 37.2 Å². The van der Waals surface area contributed by atoms with Crippen molar-refractivity contribution in [3.63, 3.8) is 0 Å². The van der Waals surface area contributed by atoms with Crippen LogP contribution in [0.15, 0.2) is 170 Å². The van der Waals surface area contributed by atoms with Gasteiger partial charge in [-0.05, 0) is 148 Å². The summed E-state index contributed by atoms with van der Waals surface area (Å²) in [6.45, 7) is 6.33. The van der Waals surface area contributed by atoms with Gasteiger partial charge in [0.25, 0.3) is 0 Å². The van der Waals surface area contributed by atoms with Crippen molar-refractivity contribution < 1.29 is 28.6 Å². The third-order valence-corrected chi connectivity index (χ3v) is 13.2. The molecule has 0 bridgehead atoms. The molecule has 0 rings (SSSR count). The van der Waals surface area contributed by atoms with Crippen molar-refractivity contribution in [3.8, 4) is 0 Å². The van der Waals surface area contributed by atoms with Gasteiger partial charge in [-0.15, -0.1) is 0 Å². The summed E-state index contributed by atoms with van der Waals surface area (Å²) in [5.74, 6) is -1.01. The molecular weight excluding hydrogens is 997 g/mol. The monoisotopic (exact) mass is 1110 g/mol. The molecule has 0 saturated heterocycles. The Morgan fingerprint density at radius 3 is 0.802 bits per heavy atom. The maximum Gasteiger partial charge on any atom is 0.306 e. The lowest BCUT2D eigenvalue weighted by molar-refractivity contribution is -0.167. The molecule has 454 valence electrons. The molecule has 0 saturated carbocycles. The van der Waals surface area contributed by atoms with Crippen LogP contribution in [0.1, 0.15) is 265 Å². The number of carbonyl (C=O) groups is 3. The minimum Gasteiger partial charge on any atom is -0.462 e. The van der Waals surface area contributed by atoms with Gasteiger partial charge in [-0.25, -0.2) is 0 Å². The van der Waals surface area contributed by atoms with Crippen LogP contribution in [0.5, 0.6) is 0 Å². The lowest BCUT2D eigenvalue weighted by atomic mass is 10.1. The zero-order chi connectivity index (χ0) is 58.5. The van der Waals surface area contributed by atoms with Gasteiger partial charge >= 0.3 is 17.9 Å². The molecule has 0 fully saturated rings. The van der Waals surface area contributed by atoms with Crippen molar-refractivity contribution in [2.24, 2.45) is 0 Å². The van der Waals surface area contributed by atoms with Crippen LogP contribution in [0.4, 0.5) is 0 Å². The van der Waals surface area contributed by atoms with Crippen LogP contribution in [0.25, 0.3) is 0 Å². The molecule has 6 nitrogen and oxygen atoms in total. The van der Waals surface area contributed by atoms with E-state index >= 15 is 0 Å². The van der Waals surface area contributed by atoms with E-state index in [0.29, 0.717) is 19.3 Å². The zero-order valence-corrected chi connectivity index (χ0v) is 52.0. The Balaban J connectivity index is 4.50. The first kappa shape index (κ1) is 75.8. The zero-order valence-electron chi connectivity index (χ0n) is 52.0. The van der Waals surface area contributed by atoms with Gasteiger partial charge in [0, 0.05) is 19.3 Å². The molecular formula is C75H118O6.